The van der Waals surface area contributed by atoms with Gasteiger partial charge in [-0.2, -0.15) is 0 Å². The zero-order valence-electron chi connectivity index (χ0n) is 18.0. The van der Waals surface area contributed by atoms with Crippen molar-refractivity contribution in [3.63, 3.8) is 0 Å². The number of ether oxygens (including phenoxy) is 4. The van der Waals surface area contributed by atoms with Gasteiger partial charge in [0, 0.05) is 29.6 Å². The standard InChI is InChI=1S/C22H30O9/c1-4-10(2)14(23)15-19-8-11-13-16(24)30-18(11,3)22(27,31-21(13,15)26)12(19)9-29-20(17(19)25)6-5-7-28-20/h10-13,15,17,25-27H,4-9H2,1-3H3/t10?,11?,12?,13-,15?,17+,18-,19?,20?,21+,22+/m1/s1. The fourth-order valence-electron chi connectivity index (χ4n) is 7.96. The third kappa shape index (κ3) is 1.90. The van der Waals surface area contributed by atoms with Crippen LogP contribution in [0.4, 0.5) is 0 Å². The summed E-state index contributed by atoms with van der Waals surface area (Å²) in [7, 11) is 0. The van der Waals surface area contributed by atoms with Gasteiger partial charge in [0.2, 0.25) is 5.79 Å². The van der Waals surface area contributed by atoms with E-state index in [2.05, 4.69) is 0 Å². The predicted octanol–water partition coefficient (Wildman–Crippen LogP) is 0.0908. The maximum atomic E-state index is 13.8. The van der Waals surface area contributed by atoms with Gasteiger partial charge in [0.25, 0.3) is 0 Å². The fraction of sp³-hybridized carbons (Fsp3) is 0.909. The summed E-state index contributed by atoms with van der Waals surface area (Å²) in [4.78, 5) is 26.7. The molecule has 0 amide bonds. The monoisotopic (exact) mass is 438 g/mol. The molecule has 7 fully saturated rings. The van der Waals surface area contributed by atoms with Gasteiger partial charge in [0.05, 0.1) is 19.1 Å². The van der Waals surface area contributed by atoms with E-state index in [9.17, 15) is 24.9 Å². The molecule has 172 valence electrons. The van der Waals surface area contributed by atoms with Crippen LogP contribution in [0.2, 0.25) is 0 Å². The van der Waals surface area contributed by atoms with E-state index in [4.69, 9.17) is 18.9 Å². The van der Waals surface area contributed by atoms with Crippen LogP contribution in [0.25, 0.3) is 0 Å². The van der Waals surface area contributed by atoms with Crippen LogP contribution in [0, 0.1) is 35.0 Å². The second-order valence-corrected chi connectivity index (χ2v) is 10.7. The van der Waals surface area contributed by atoms with Gasteiger partial charge in [-0.3, -0.25) is 9.59 Å². The third-order valence-corrected chi connectivity index (χ3v) is 9.62. The van der Waals surface area contributed by atoms with E-state index in [1.165, 1.54) is 0 Å². The molecular formula is C22H30O9. The van der Waals surface area contributed by atoms with Crippen LogP contribution in [0.5, 0.6) is 0 Å². The zero-order valence-corrected chi connectivity index (χ0v) is 18.0. The Balaban J connectivity index is 1.61. The Morgan fingerprint density at radius 3 is 2.68 bits per heavy atom. The van der Waals surface area contributed by atoms with Gasteiger partial charge in [0.1, 0.15) is 17.8 Å². The van der Waals surface area contributed by atoms with E-state index < -0.39 is 70.0 Å². The summed E-state index contributed by atoms with van der Waals surface area (Å²) in [6.07, 6.45) is 0.633. The Labute approximate surface area is 180 Å². The topological polar surface area (TPSA) is 132 Å². The number of rotatable bonds is 3. The first-order valence-electron chi connectivity index (χ1n) is 11.4. The van der Waals surface area contributed by atoms with Crippen LogP contribution >= 0.6 is 0 Å². The SMILES string of the molecule is CCC(C)C(=O)C1C23CC4[C@@H]5C(=O)O[C@@]4(C)[C@@](O)(O[C@]15O)C2COC1(CCCO1)[C@H]3O. The number of hydrogen-bond donors (Lipinski definition) is 3. The number of carbonyl (C=O) groups excluding carboxylic acids is 2. The number of carbonyl (C=O) groups is 2. The highest BCUT2D eigenvalue weighted by Crippen LogP contribution is 2.77. The molecule has 31 heavy (non-hydrogen) atoms. The van der Waals surface area contributed by atoms with E-state index in [0.29, 0.717) is 25.9 Å². The summed E-state index contributed by atoms with van der Waals surface area (Å²) < 4.78 is 23.6. The van der Waals surface area contributed by atoms with Gasteiger partial charge in [-0.05, 0) is 26.2 Å². The first kappa shape index (κ1) is 20.5. The van der Waals surface area contributed by atoms with Crippen molar-refractivity contribution in [2.45, 2.75) is 75.5 Å². The third-order valence-electron chi connectivity index (χ3n) is 9.62. The molecule has 0 aromatic rings. The summed E-state index contributed by atoms with van der Waals surface area (Å²) >= 11 is 0. The van der Waals surface area contributed by atoms with Crippen LogP contribution in [0.15, 0.2) is 0 Å². The second-order valence-electron chi connectivity index (χ2n) is 10.7. The molecule has 9 heteroatoms. The van der Waals surface area contributed by atoms with Crippen molar-refractivity contribution in [1.82, 2.24) is 0 Å². The molecule has 5 saturated heterocycles. The summed E-state index contributed by atoms with van der Waals surface area (Å²) in [6, 6.07) is 0. The Morgan fingerprint density at radius 1 is 1.29 bits per heavy atom. The van der Waals surface area contributed by atoms with Crippen molar-refractivity contribution in [2.24, 2.45) is 35.0 Å². The van der Waals surface area contributed by atoms with Gasteiger partial charge >= 0.3 is 5.97 Å². The Kier molecular flexibility index (Phi) is 3.76. The van der Waals surface area contributed by atoms with Crippen molar-refractivity contribution in [3.8, 4) is 0 Å². The molecule has 7 aliphatic rings. The molecule has 0 aromatic heterocycles. The highest BCUT2D eigenvalue weighted by Gasteiger charge is 2.92. The first-order chi connectivity index (χ1) is 14.5. The van der Waals surface area contributed by atoms with Crippen molar-refractivity contribution in [3.05, 3.63) is 0 Å². The van der Waals surface area contributed by atoms with Gasteiger partial charge in [-0.1, -0.05) is 13.8 Å². The minimum Gasteiger partial charge on any atom is -0.453 e. The minimum absolute atomic E-state index is 0.0432. The summed E-state index contributed by atoms with van der Waals surface area (Å²) in [5, 5.41) is 35.6. The average molecular weight is 438 g/mol. The number of aliphatic hydroxyl groups is 3. The van der Waals surface area contributed by atoms with Crippen molar-refractivity contribution in [2.75, 3.05) is 13.2 Å². The molecule has 3 N–H and O–H groups in total. The molecule has 5 aliphatic heterocycles. The van der Waals surface area contributed by atoms with Gasteiger partial charge in [-0.15, -0.1) is 0 Å². The fourth-order valence-corrected chi connectivity index (χ4v) is 7.96. The van der Waals surface area contributed by atoms with Gasteiger partial charge in [-0.25, -0.2) is 0 Å². The molecule has 2 aliphatic carbocycles. The lowest BCUT2D eigenvalue weighted by atomic mass is 9.38. The van der Waals surface area contributed by atoms with E-state index in [0.717, 1.165) is 0 Å². The minimum atomic E-state index is -2.26. The Bertz CT molecular complexity index is 869. The number of aliphatic hydroxyl groups excluding tert-OH is 1. The maximum absolute atomic E-state index is 13.8. The van der Waals surface area contributed by atoms with Crippen LogP contribution in [-0.2, 0) is 28.5 Å². The largest absolute Gasteiger partial charge is 0.453 e. The number of Topliss-reactive ketones (excluding diaryl/α,β-unsaturated/α-hetero) is 1. The predicted molar refractivity (Wildman–Crippen MR) is 101 cm³/mol. The Hall–Kier alpha value is -1.10. The van der Waals surface area contributed by atoms with E-state index in [1.807, 2.05) is 6.92 Å². The van der Waals surface area contributed by atoms with Crippen LogP contribution in [0.1, 0.15) is 46.5 Å². The molecule has 11 atom stereocenters. The summed E-state index contributed by atoms with van der Waals surface area (Å²) in [6.45, 7) is 5.62. The van der Waals surface area contributed by atoms with E-state index in [1.54, 1.807) is 13.8 Å². The van der Waals surface area contributed by atoms with Crippen LogP contribution in [0.3, 0.4) is 0 Å². The molecule has 0 radical (unpaired) electrons. The molecule has 9 nitrogen and oxygen atoms in total. The van der Waals surface area contributed by atoms with Gasteiger partial charge in [0.15, 0.2) is 17.2 Å². The maximum Gasteiger partial charge on any atom is 0.315 e. The molecule has 6 unspecified atom stereocenters. The molecule has 6 bridgehead atoms. The molecule has 5 heterocycles. The molecule has 2 saturated carbocycles. The lowest BCUT2D eigenvalue weighted by molar-refractivity contribution is -0.532. The molecule has 7 rings (SSSR count). The smallest absolute Gasteiger partial charge is 0.315 e. The second kappa shape index (κ2) is 5.69. The number of ketones is 1. The van der Waals surface area contributed by atoms with E-state index >= 15 is 0 Å². The highest BCUT2D eigenvalue weighted by atomic mass is 16.8. The zero-order chi connectivity index (χ0) is 22.2. The lowest BCUT2D eigenvalue weighted by Crippen LogP contribution is -2.89. The highest BCUT2D eigenvalue weighted by molar-refractivity contribution is 5.88. The Morgan fingerprint density at radius 2 is 2.03 bits per heavy atom. The summed E-state index contributed by atoms with van der Waals surface area (Å²) in [5.41, 5.74) is -2.66. The van der Waals surface area contributed by atoms with Crippen molar-refractivity contribution < 1.29 is 43.9 Å². The van der Waals surface area contributed by atoms with Gasteiger partial charge < -0.3 is 34.3 Å². The van der Waals surface area contributed by atoms with Crippen molar-refractivity contribution >= 4 is 11.8 Å². The molecule has 0 aromatic carbocycles. The van der Waals surface area contributed by atoms with E-state index in [-0.39, 0.29) is 18.8 Å². The van der Waals surface area contributed by atoms with Crippen LogP contribution < -0.4 is 0 Å². The number of hydrogen-bond acceptors (Lipinski definition) is 9. The van der Waals surface area contributed by atoms with Crippen LogP contribution in [-0.4, -0.2) is 69.4 Å². The number of esters is 1. The quantitative estimate of drug-likeness (QED) is 0.525. The average Bonchev–Trinajstić information content (AvgIpc) is 3.26. The molecular weight excluding hydrogens is 408 g/mol. The summed E-state index contributed by atoms with van der Waals surface area (Å²) in [5.74, 6) is -10.8. The molecule has 2 spiro atoms. The lowest BCUT2D eigenvalue weighted by Gasteiger charge is -2.75. The van der Waals surface area contributed by atoms with Crippen molar-refractivity contribution in [1.29, 1.82) is 0 Å². The normalized spacial score (nSPS) is 59.7. The first-order valence-corrected chi connectivity index (χ1v) is 11.4.